The maximum Gasteiger partial charge on any atom is 0.287 e. The average Bonchev–Trinajstić information content (AvgIpc) is 3.16. The van der Waals surface area contributed by atoms with Crippen molar-refractivity contribution >= 4 is 34.1 Å². The van der Waals surface area contributed by atoms with Crippen molar-refractivity contribution in [2.24, 2.45) is 0 Å². The number of thiophene rings is 1. The van der Waals surface area contributed by atoms with E-state index in [1.165, 1.54) is 11.3 Å². The number of hydrogen-bond donors (Lipinski definition) is 0. The molecule has 0 bridgehead atoms. The summed E-state index contributed by atoms with van der Waals surface area (Å²) in [5.41, 5.74) is 1.64. The van der Waals surface area contributed by atoms with Gasteiger partial charge in [-0.15, -0.1) is 28.3 Å². The predicted octanol–water partition coefficient (Wildman–Crippen LogP) is 3.58. The Labute approximate surface area is 160 Å². The number of nitrogens with zero attached hydrogens (tertiary/aromatic N) is 2. The summed E-state index contributed by atoms with van der Waals surface area (Å²) in [5.74, 6) is 1.49. The molecule has 3 rings (SSSR count). The molecule has 0 unspecified atom stereocenters. The zero-order valence-electron chi connectivity index (χ0n) is 13.8. The fourth-order valence-electron chi connectivity index (χ4n) is 2.33. The van der Waals surface area contributed by atoms with Crippen molar-refractivity contribution in [2.45, 2.75) is 6.54 Å². The van der Waals surface area contributed by atoms with Crippen LogP contribution in [0.1, 0.15) is 9.67 Å². The molecule has 0 N–H and O–H groups in total. The highest BCUT2D eigenvalue weighted by Gasteiger charge is 2.15. The predicted molar refractivity (Wildman–Crippen MR) is 102 cm³/mol. The Morgan fingerprint density at radius 2 is 2.04 bits per heavy atom. The lowest BCUT2D eigenvalue weighted by atomic mass is 10.1. The maximum atomic E-state index is 12.1. The minimum Gasteiger partial charge on any atom is -0.497 e. The first-order valence-electron chi connectivity index (χ1n) is 7.35. The summed E-state index contributed by atoms with van der Waals surface area (Å²) in [4.78, 5) is 17.3. The third-order valence-electron chi connectivity index (χ3n) is 3.58. The highest BCUT2D eigenvalue weighted by molar-refractivity contribution is 8.93. The van der Waals surface area contributed by atoms with Crippen molar-refractivity contribution in [2.75, 3.05) is 14.2 Å². The second kappa shape index (κ2) is 8.73. The number of benzene rings is 1. The van der Waals surface area contributed by atoms with Gasteiger partial charge in [-0.3, -0.25) is 4.79 Å². The normalized spacial score (nSPS) is 10.0. The van der Waals surface area contributed by atoms with E-state index in [1.54, 1.807) is 25.1 Å². The second-order valence-corrected chi connectivity index (χ2v) is 6.03. The first-order chi connectivity index (χ1) is 11.7. The lowest BCUT2D eigenvalue weighted by Gasteiger charge is -2.07. The van der Waals surface area contributed by atoms with Crippen LogP contribution in [0.5, 0.6) is 11.5 Å². The standard InChI is InChI=1S/C18H17N2O3S.BrH/c1-22-13-5-6-14(17(10-13)23-2)15-7-8-20(12-19-15)11-16(21)18-4-3-9-24-18;/h3-10,12H,11H2,1-2H3;1H/q+1;. The van der Waals surface area contributed by atoms with Gasteiger partial charge in [0.25, 0.3) is 6.33 Å². The van der Waals surface area contributed by atoms with Crippen molar-refractivity contribution < 1.29 is 18.8 Å². The Balaban J connectivity index is 0.00000225. The van der Waals surface area contributed by atoms with Gasteiger partial charge in [0.15, 0.2) is 12.2 Å². The van der Waals surface area contributed by atoms with Gasteiger partial charge in [0.05, 0.1) is 30.9 Å². The molecule has 0 fully saturated rings. The van der Waals surface area contributed by atoms with Crippen molar-refractivity contribution in [3.8, 4) is 22.8 Å². The molecule has 0 saturated heterocycles. The smallest absolute Gasteiger partial charge is 0.287 e. The summed E-state index contributed by atoms with van der Waals surface area (Å²) < 4.78 is 12.4. The Bertz CT molecular complexity index is 836. The van der Waals surface area contributed by atoms with Crippen LogP contribution in [0, 0.1) is 0 Å². The van der Waals surface area contributed by atoms with Crippen LogP contribution in [0.3, 0.4) is 0 Å². The van der Waals surface area contributed by atoms with Crippen LogP contribution < -0.4 is 14.0 Å². The zero-order valence-corrected chi connectivity index (χ0v) is 16.4. The van der Waals surface area contributed by atoms with E-state index in [0.29, 0.717) is 5.75 Å². The van der Waals surface area contributed by atoms with Crippen LogP contribution in [0.2, 0.25) is 0 Å². The first kappa shape index (κ1) is 19.1. The van der Waals surface area contributed by atoms with Crippen LogP contribution in [0.25, 0.3) is 11.3 Å². The summed E-state index contributed by atoms with van der Waals surface area (Å²) >= 11 is 1.45. The van der Waals surface area contributed by atoms with Gasteiger partial charge >= 0.3 is 0 Å². The van der Waals surface area contributed by atoms with Gasteiger partial charge in [-0.25, -0.2) is 4.57 Å². The van der Waals surface area contributed by atoms with Crippen LogP contribution in [0.4, 0.5) is 0 Å². The third kappa shape index (κ3) is 4.43. The van der Waals surface area contributed by atoms with Crippen LogP contribution in [-0.4, -0.2) is 25.0 Å². The zero-order chi connectivity index (χ0) is 16.9. The van der Waals surface area contributed by atoms with E-state index in [1.807, 2.05) is 48.0 Å². The van der Waals surface area contributed by atoms with Gasteiger partial charge in [0.2, 0.25) is 5.78 Å². The molecule has 0 atom stereocenters. The second-order valence-electron chi connectivity index (χ2n) is 5.08. The molecule has 0 aliphatic heterocycles. The summed E-state index contributed by atoms with van der Waals surface area (Å²) in [6.07, 6.45) is 3.50. The summed E-state index contributed by atoms with van der Waals surface area (Å²) in [6, 6.07) is 11.2. The quantitative estimate of drug-likeness (QED) is 0.450. The Kier molecular flexibility index (Phi) is 6.66. The molecule has 3 aromatic rings. The van der Waals surface area contributed by atoms with Gasteiger partial charge in [-0.05, 0) is 28.6 Å². The molecule has 2 heterocycles. The summed E-state index contributed by atoms with van der Waals surface area (Å²) in [7, 11) is 3.23. The van der Waals surface area contributed by atoms with E-state index in [2.05, 4.69) is 4.98 Å². The van der Waals surface area contributed by atoms with Crippen molar-refractivity contribution in [1.29, 1.82) is 0 Å². The molecule has 130 valence electrons. The minimum atomic E-state index is 0. The molecule has 0 saturated carbocycles. The number of methoxy groups -OCH3 is 2. The van der Waals surface area contributed by atoms with Crippen LogP contribution in [-0.2, 0) is 6.54 Å². The number of halogens is 1. The molecule has 0 radical (unpaired) electrons. The molecule has 0 aliphatic rings. The van der Waals surface area contributed by atoms with Crippen molar-refractivity contribution in [3.05, 3.63) is 59.2 Å². The van der Waals surface area contributed by atoms with E-state index in [0.717, 1.165) is 21.9 Å². The molecule has 0 aliphatic carbocycles. The Hall–Kier alpha value is -2.25. The van der Waals surface area contributed by atoms with Crippen molar-refractivity contribution in [3.63, 3.8) is 0 Å². The Morgan fingerprint density at radius 1 is 1.20 bits per heavy atom. The molecule has 25 heavy (non-hydrogen) atoms. The highest BCUT2D eigenvalue weighted by Crippen LogP contribution is 2.31. The lowest BCUT2D eigenvalue weighted by Crippen LogP contribution is -2.37. The number of Topliss-reactive ketones (excluding diaryl/α,β-unsaturated/α-hetero) is 1. The fraction of sp³-hybridized carbons (Fsp3) is 0.167. The van der Waals surface area contributed by atoms with E-state index in [-0.39, 0.29) is 29.3 Å². The maximum absolute atomic E-state index is 12.1. The van der Waals surface area contributed by atoms with Crippen LogP contribution in [0.15, 0.2) is 54.3 Å². The molecule has 0 spiro atoms. The minimum absolute atomic E-state index is 0. The molecule has 0 amide bonds. The lowest BCUT2D eigenvalue weighted by molar-refractivity contribution is -0.686. The molecule has 5 nitrogen and oxygen atoms in total. The number of hydrogen-bond acceptors (Lipinski definition) is 5. The van der Waals surface area contributed by atoms with E-state index in [4.69, 9.17) is 9.47 Å². The number of carbonyl (C=O) groups excluding carboxylic acids is 1. The molecule has 2 aromatic heterocycles. The van der Waals surface area contributed by atoms with Gasteiger partial charge in [0, 0.05) is 12.1 Å². The molecular weight excluding hydrogens is 404 g/mol. The summed E-state index contributed by atoms with van der Waals surface area (Å²) in [5, 5.41) is 1.90. The molecule has 7 heteroatoms. The summed E-state index contributed by atoms with van der Waals surface area (Å²) in [6.45, 7) is 0.271. The van der Waals surface area contributed by atoms with Gasteiger partial charge < -0.3 is 9.47 Å². The Morgan fingerprint density at radius 3 is 2.64 bits per heavy atom. The number of ether oxygens (including phenoxy) is 2. The molecule has 1 aromatic carbocycles. The van der Waals surface area contributed by atoms with Gasteiger partial charge in [0.1, 0.15) is 11.5 Å². The fourth-order valence-corrected chi connectivity index (χ4v) is 2.99. The average molecular weight is 422 g/mol. The topological polar surface area (TPSA) is 52.3 Å². The first-order valence-corrected chi connectivity index (χ1v) is 8.23. The SMILES string of the molecule is Br.COc1ccc(-c2cc[n+](CC(=O)c3cccs3)cn2)c(OC)c1. The van der Waals surface area contributed by atoms with E-state index >= 15 is 0 Å². The number of aromatic nitrogens is 2. The van der Waals surface area contributed by atoms with Gasteiger partial charge in [-0.1, -0.05) is 6.07 Å². The monoisotopic (exact) mass is 421 g/mol. The number of ketones is 1. The third-order valence-corrected chi connectivity index (χ3v) is 4.49. The van der Waals surface area contributed by atoms with Crippen molar-refractivity contribution in [1.82, 2.24) is 4.98 Å². The molecular formula is C18H18BrN2O3S+. The van der Waals surface area contributed by atoms with Crippen LogP contribution >= 0.6 is 28.3 Å². The van der Waals surface area contributed by atoms with E-state index < -0.39 is 0 Å². The van der Waals surface area contributed by atoms with Gasteiger partial charge in [-0.2, -0.15) is 0 Å². The van der Waals surface area contributed by atoms with E-state index in [9.17, 15) is 4.79 Å². The number of rotatable bonds is 6. The largest absolute Gasteiger partial charge is 0.497 e. The number of carbonyl (C=O) groups is 1. The highest BCUT2D eigenvalue weighted by atomic mass is 79.9.